The lowest BCUT2D eigenvalue weighted by Gasteiger charge is -2.17. The van der Waals surface area contributed by atoms with Crippen LogP contribution in [-0.4, -0.2) is 0 Å². The number of rotatable bonds is 2. The first kappa shape index (κ1) is 15.5. The quantitative estimate of drug-likeness (QED) is 0.286. The van der Waals surface area contributed by atoms with Gasteiger partial charge >= 0.3 is 0 Å². The van der Waals surface area contributed by atoms with E-state index in [2.05, 4.69) is 97.9 Å². The van der Waals surface area contributed by atoms with Crippen molar-refractivity contribution >= 4 is 43.1 Å². The molecule has 1 nitrogen and oxygen atoms in total. The highest BCUT2D eigenvalue weighted by Gasteiger charge is 2.14. The fourth-order valence-corrected chi connectivity index (χ4v) is 4.41. The molecule has 0 N–H and O–H groups in total. The van der Waals surface area contributed by atoms with Crippen LogP contribution in [0.3, 0.4) is 0 Å². The number of hydrogen-bond acceptors (Lipinski definition) is 1. The van der Waals surface area contributed by atoms with Gasteiger partial charge in [-0.1, -0.05) is 66.7 Å². The molecular weight excluding hydrogens is 340 g/mol. The van der Waals surface area contributed by atoms with E-state index in [0.29, 0.717) is 0 Å². The molecule has 1 heteroatoms. The van der Waals surface area contributed by atoms with Crippen LogP contribution in [-0.2, 0) is 0 Å². The summed E-state index contributed by atoms with van der Waals surface area (Å²) in [6.07, 6.45) is 0. The van der Waals surface area contributed by atoms with Crippen LogP contribution < -0.4 is 4.74 Å². The van der Waals surface area contributed by atoms with Crippen molar-refractivity contribution in [2.24, 2.45) is 0 Å². The molecule has 0 heterocycles. The highest BCUT2D eigenvalue weighted by molar-refractivity contribution is 6.24. The van der Waals surface area contributed by atoms with E-state index in [9.17, 15) is 0 Å². The topological polar surface area (TPSA) is 9.23 Å². The molecule has 132 valence electrons. The Labute approximate surface area is 163 Å². The van der Waals surface area contributed by atoms with Crippen molar-refractivity contribution in [2.45, 2.75) is 6.92 Å². The molecule has 6 rings (SSSR count). The summed E-state index contributed by atoms with van der Waals surface area (Å²) >= 11 is 0. The zero-order valence-corrected chi connectivity index (χ0v) is 15.6. The molecular formula is C27H18O. The minimum absolute atomic E-state index is 0.872. The van der Waals surface area contributed by atoms with Crippen LogP contribution in [0.1, 0.15) is 5.56 Å². The molecule has 0 aliphatic heterocycles. The zero-order chi connectivity index (χ0) is 18.7. The number of ether oxygens (including phenoxy) is 1. The fraction of sp³-hybridized carbons (Fsp3) is 0.0370. The van der Waals surface area contributed by atoms with Crippen molar-refractivity contribution in [3.63, 3.8) is 0 Å². The summed E-state index contributed by atoms with van der Waals surface area (Å²) in [6, 6.07) is 32.2. The van der Waals surface area contributed by atoms with Crippen LogP contribution in [0.2, 0.25) is 0 Å². The predicted octanol–water partition coefficient (Wildman–Crippen LogP) is 7.84. The fourth-order valence-electron chi connectivity index (χ4n) is 4.41. The van der Waals surface area contributed by atoms with E-state index >= 15 is 0 Å². The van der Waals surface area contributed by atoms with Crippen molar-refractivity contribution in [1.82, 2.24) is 0 Å². The summed E-state index contributed by atoms with van der Waals surface area (Å²) in [5.74, 6) is 1.82. The molecule has 0 fully saturated rings. The summed E-state index contributed by atoms with van der Waals surface area (Å²) in [6.45, 7) is 2.13. The lowest BCUT2D eigenvalue weighted by atomic mass is 9.92. The average molecular weight is 358 g/mol. The van der Waals surface area contributed by atoms with E-state index in [0.717, 1.165) is 17.1 Å². The maximum absolute atomic E-state index is 6.47. The van der Waals surface area contributed by atoms with Gasteiger partial charge in [-0.25, -0.2) is 0 Å². The Kier molecular flexibility index (Phi) is 3.15. The van der Waals surface area contributed by atoms with Crippen molar-refractivity contribution < 1.29 is 4.74 Å². The van der Waals surface area contributed by atoms with E-state index < -0.39 is 0 Å². The average Bonchev–Trinajstić information content (AvgIpc) is 2.74. The van der Waals surface area contributed by atoms with Gasteiger partial charge in [-0.2, -0.15) is 0 Å². The number of fused-ring (bicyclic) bond motifs is 1. The van der Waals surface area contributed by atoms with Gasteiger partial charge < -0.3 is 4.74 Å². The largest absolute Gasteiger partial charge is 0.456 e. The monoisotopic (exact) mass is 358 g/mol. The first-order valence-corrected chi connectivity index (χ1v) is 9.62. The second-order valence-electron chi connectivity index (χ2n) is 7.49. The summed E-state index contributed by atoms with van der Waals surface area (Å²) in [7, 11) is 0. The lowest BCUT2D eigenvalue weighted by Crippen LogP contribution is -1.92. The van der Waals surface area contributed by atoms with Gasteiger partial charge in [-0.3, -0.25) is 0 Å². The second-order valence-corrected chi connectivity index (χ2v) is 7.49. The summed E-state index contributed by atoms with van der Waals surface area (Å²) in [5, 5.41) is 10.0. The Morgan fingerprint density at radius 2 is 1.21 bits per heavy atom. The van der Waals surface area contributed by atoms with Gasteiger partial charge in [0.15, 0.2) is 0 Å². The third kappa shape index (κ3) is 2.20. The van der Waals surface area contributed by atoms with E-state index in [1.807, 2.05) is 0 Å². The zero-order valence-electron chi connectivity index (χ0n) is 15.6. The Hall–Kier alpha value is -3.58. The maximum atomic E-state index is 6.47. The summed E-state index contributed by atoms with van der Waals surface area (Å²) in [5.41, 5.74) is 1.15. The maximum Gasteiger partial charge on any atom is 0.138 e. The van der Waals surface area contributed by atoms with Crippen molar-refractivity contribution in [1.29, 1.82) is 0 Å². The first-order valence-electron chi connectivity index (χ1n) is 9.62. The standard InChI is InChI=1S/C27H18O/c1-17-15-22-10-9-19-7-4-8-20-12-14-24(26(22)25(19)20)27(17)28-23-13-11-18-5-2-3-6-21(18)16-23/h2-16H,1H3. The highest BCUT2D eigenvalue weighted by Crippen LogP contribution is 2.42. The van der Waals surface area contributed by atoms with Gasteiger partial charge in [-0.05, 0) is 69.1 Å². The predicted molar refractivity (Wildman–Crippen MR) is 119 cm³/mol. The molecule has 0 saturated carbocycles. The Morgan fingerprint density at radius 1 is 0.536 bits per heavy atom. The van der Waals surface area contributed by atoms with Gasteiger partial charge in [0, 0.05) is 10.8 Å². The van der Waals surface area contributed by atoms with Gasteiger partial charge in [-0.15, -0.1) is 0 Å². The van der Waals surface area contributed by atoms with Gasteiger partial charge in [0.25, 0.3) is 0 Å². The van der Waals surface area contributed by atoms with Crippen LogP contribution >= 0.6 is 0 Å². The smallest absolute Gasteiger partial charge is 0.138 e. The number of benzene rings is 6. The molecule has 6 aromatic rings. The lowest BCUT2D eigenvalue weighted by molar-refractivity contribution is 0.485. The van der Waals surface area contributed by atoms with E-state index in [1.165, 1.54) is 43.1 Å². The second kappa shape index (κ2) is 5.71. The normalized spacial score (nSPS) is 11.8. The van der Waals surface area contributed by atoms with E-state index in [4.69, 9.17) is 4.74 Å². The minimum atomic E-state index is 0.872. The van der Waals surface area contributed by atoms with Crippen LogP contribution in [0.15, 0.2) is 91.0 Å². The van der Waals surface area contributed by atoms with Gasteiger partial charge in [0.1, 0.15) is 11.5 Å². The SMILES string of the molecule is Cc1cc2ccc3cccc4ccc(c1Oc1ccc5ccccc5c1)c2c34. The first-order chi connectivity index (χ1) is 13.8. The van der Waals surface area contributed by atoms with Crippen molar-refractivity contribution in [2.75, 3.05) is 0 Å². The highest BCUT2D eigenvalue weighted by atomic mass is 16.5. The Bertz CT molecular complexity index is 1480. The molecule has 0 aliphatic rings. The molecule has 6 aromatic carbocycles. The molecule has 0 atom stereocenters. The van der Waals surface area contributed by atoms with E-state index in [1.54, 1.807) is 0 Å². The number of aryl methyl sites for hydroxylation is 1. The van der Waals surface area contributed by atoms with Crippen molar-refractivity contribution in [3.05, 3.63) is 96.6 Å². The number of hydrogen-bond donors (Lipinski definition) is 0. The molecule has 0 bridgehead atoms. The molecule has 28 heavy (non-hydrogen) atoms. The minimum Gasteiger partial charge on any atom is -0.456 e. The van der Waals surface area contributed by atoms with Gasteiger partial charge in [0.2, 0.25) is 0 Å². The van der Waals surface area contributed by atoms with Gasteiger partial charge in [0.05, 0.1) is 0 Å². The molecule has 0 aromatic heterocycles. The van der Waals surface area contributed by atoms with E-state index in [-0.39, 0.29) is 0 Å². The summed E-state index contributed by atoms with van der Waals surface area (Å²) in [4.78, 5) is 0. The third-order valence-corrected chi connectivity index (χ3v) is 5.72. The van der Waals surface area contributed by atoms with Crippen LogP contribution in [0.4, 0.5) is 0 Å². The van der Waals surface area contributed by atoms with Crippen molar-refractivity contribution in [3.8, 4) is 11.5 Å². The molecule has 0 spiro atoms. The third-order valence-electron chi connectivity index (χ3n) is 5.72. The van der Waals surface area contributed by atoms with Crippen LogP contribution in [0, 0.1) is 6.92 Å². The summed E-state index contributed by atoms with van der Waals surface area (Å²) < 4.78 is 6.47. The molecule has 0 amide bonds. The molecule has 0 aliphatic carbocycles. The molecule has 0 radical (unpaired) electrons. The van der Waals surface area contributed by atoms with Crippen LogP contribution in [0.25, 0.3) is 43.1 Å². The molecule has 0 saturated heterocycles. The molecule has 0 unspecified atom stereocenters. The Morgan fingerprint density at radius 3 is 2.07 bits per heavy atom. The Balaban J connectivity index is 1.62. The van der Waals surface area contributed by atoms with Crippen LogP contribution in [0.5, 0.6) is 11.5 Å².